The Hall–Kier alpha value is -2.53. The van der Waals surface area contributed by atoms with Crippen LogP contribution in [0.2, 0.25) is 0 Å². The van der Waals surface area contributed by atoms with Gasteiger partial charge in [0.2, 0.25) is 0 Å². The van der Waals surface area contributed by atoms with Gasteiger partial charge >= 0.3 is 6.18 Å². The van der Waals surface area contributed by atoms with Crippen LogP contribution in [0, 0.1) is 6.92 Å². The summed E-state index contributed by atoms with van der Waals surface area (Å²) in [4.78, 5) is 2.47. The quantitative estimate of drug-likeness (QED) is 0.472. The van der Waals surface area contributed by atoms with E-state index in [1.54, 1.807) is 6.07 Å². The highest BCUT2D eigenvalue weighted by atomic mass is 19.4. The molecule has 0 bridgehead atoms. The fraction of sp³-hybridized carbons (Fsp3) is 0.333. The highest BCUT2D eigenvalue weighted by molar-refractivity contribution is 5.27. The third-order valence-corrected chi connectivity index (χ3v) is 5.47. The summed E-state index contributed by atoms with van der Waals surface area (Å²) in [5.41, 5.74) is 3.73. The summed E-state index contributed by atoms with van der Waals surface area (Å²) in [6, 6.07) is 18.8. The van der Waals surface area contributed by atoms with Crippen molar-refractivity contribution in [1.82, 2.24) is 9.47 Å². The molecule has 2 aromatic carbocycles. The van der Waals surface area contributed by atoms with E-state index in [1.165, 1.54) is 36.1 Å². The molecule has 152 valence electrons. The zero-order valence-electron chi connectivity index (χ0n) is 16.5. The molecule has 0 amide bonds. The maximum Gasteiger partial charge on any atom is 0.416 e. The van der Waals surface area contributed by atoms with Crippen LogP contribution in [0.1, 0.15) is 40.8 Å². The Morgan fingerprint density at radius 3 is 2.38 bits per heavy atom. The van der Waals surface area contributed by atoms with Crippen molar-refractivity contribution in [2.24, 2.45) is 0 Å². The molecule has 4 rings (SSSR count). The summed E-state index contributed by atoms with van der Waals surface area (Å²) in [6.07, 6.45) is 0.0548. The van der Waals surface area contributed by atoms with Gasteiger partial charge in [-0.05, 0) is 55.2 Å². The lowest BCUT2D eigenvalue weighted by Gasteiger charge is -2.23. The molecule has 1 saturated carbocycles. The first kappa shape index (κ1) is 19.8. The molecule has 0 aliphatic heterocycles. The predicted octanol–water partition coefficient (Wildman–Crippen LogP) is 6.03. The van der Waals surface area contributed by atoms with Crippen LogP contribution in [-0.4, -0.2) is 15.5 Å². The molecule has 3 aromatic rings. The van der Waals surface area contributed by atoms with Crippen molar-refractivity contribution >= 4 is 0 Å². The Morgan fingerprint density at radius 2 is 1.69 bits per heavy atom. The molecule has 1 fully saturated rings. The summed E-state index contributed by atoms with van der Waals surface area (Å²) in [5.74, 6) is 0. The lowest BCUT2D eigenvalue weighted by molar-refractivity contribution is -0.137. The van der Waals surface area contributed by atoms with Gasteiger partial charge in [0.1, 0.15) is 0 Å². The van der Waals surface area contributed by atoms with Gasteiger partial charge in [-0.3, -0.25) is 4.90 Å². The number of halogens is 3. The van der Waals surface area contributed by atoms with E-state index in [1.807, 2.05) is 12.3 Å². The molecule has 1 aliphatic carbocycles. The molecule has 0 atom stereocenters. The van der Waals surface area contributed by atoms with Gasteiger partial charge in [0, 0.05) is 37.6 Å². The maximum absolute atomic E-state index is 13.0. The molecule has 1 heterocycles. The first-order chi connectivity index (χ1) is 13.9. The van der Waals surface area contributed by atoms with E-state index in [9.17, 15) is 13.2 Å². The SMILES string of the molecule is Cc1ccc(CN(Cc2cccn2Cc2cccc(C(F)(F)F)c2)C2CC2)cc1. The van der Waals surface area contributed by atoms with Crippen LogP contribution in [-0.2, 0) is 25.8 Å². The lowest BCUT2D eigenvalue weighted by Crippen LogP contribution is -2.26. The van der Waals surface area contributed by atoms with Crippen molar-refractivity contribution in [1.29, 1.82) is 0 Å². The Bertz CT molecular complexity index is 953. The summed E-state index contributed by atoms with van der Waals surface area (Å²) in [6.45, 7) is 4.21. The fourth-order valence-corrected chi connectivity index (χ4v) is 3.68. The molecule has 0 N–H and O–H groups in total. The Morgan fingerprint density at radius 1 is 0.931 bits per heavy atom. The van der Waals surface area contributed by atoms with E-state index in [0.29, 0.717) is 18.2 Å². The van der Waals surface area contributed by atoms with E-state index in [-0.39, 0.29) is 0 Å². The molecule has 29 heavy (non-hydrogen) atoms. The Labute approximate surface area is 169 Å². The van der Waals surface area contributed by atoms with E-state index < -0.39 is 11.7 Å². The molecular formula is C24H25F3N2. The first-order valence-corrected chi connectivity index (χ1v) is 9.98. The first-order valence-electron chi connectivity index (χ1n) is 9.98. The number of hydrogen-bond donors (Lipinski definition) is 0. The number of hydrogen-bond acceptors (Lipinski definition) is 1. The van der Waals surface area contributed by atoms with Crippen molar-refractivity contribution in [3.8, 4) is 0 Å². The molecule has 5 heteroatoms. The number of rotatable bonds is 7. The highest BCUT2D eigenvalue weighted by Crippen LogP contribution is 2.31. The molecular weight excluding hydrogens is 373 g/mol. The van der Waals surface area contributed by atoms with E-state index in [2.05, 4.69) is 46.7 Å². The largest absolute Gasteiger partial charge is 0.416 e. The second kappa shape index (κ2) is 8.07. The predicted molar refractivity (Wildman–Crippen MR) is 108 cm³/mol. The zero-order chi connectivity index (χ0) is 20.4. The van der Waals surface area contributed by atoms with Crippen LogP contribution in [0.4, 0.5) is 13.2 Å². The summed E-state index contributed by atoms with van der Waals surface area (Å²) < 4.78 is 41.1. The van der Waals surface area contributed by atoms with Crippen LogP contribution < -0.4 is 0 Å². The van der Waals surface area contributed by atoms with Crippen LogP contribution in [0.25, 0.3) is 0 Å². The number of aryl methyl sites for hydroxylation is 1. The van der Waals surface area contributed by atoms with Crippen molar-refractivity contribution in [3.05, 3.63) is 94.8 Å². The standard InChI is InChI=1S/C24H25F3N2/c1-18-7-9-19(10-8-18)15-29(22-11-12-22)17-23-6-3-13-28(23)16-20-4-2-5-21(14-20)24(25,26)27/h2-10,13-14,22H,11-12,15-17H2,1H3. The minimum absolute atomic E-state index is 0.440. The highest BCUT2D eigenvalue weighted by Gasteiger charge is 2.31. The zero-order valence-corrected chi connectivity index (χ0v) is 16.5. The molecule has 1 aromatic heterocycles. The smallest absolute Gasteiger partial charge is 0.346 e. The Balaban J connectivity index is 1.49. The molecule has 0 spiro atoms. The number of nitrogens with zero attached hydrogens (tertiary/aromatic N) is 2. The van der Waals surface area contributed by atoms with Crippen molar-refractivity contribution in [2.45, 2.75) is 51.6 Å². The molecule has 1 aliphatic rings. The lowest BCUT2D eigenvalue weighted by atomic mass is 10.1. The number of benzene rings is 2. The number of alkyl halides is 3. The summed E-state index contributed by atoms with van der Waals surface area (Å²) >= 11 is 0. The van der Waals surface area contributed by atoms with Crippen molar-refractivity contribution in [3.63, 3.8) is 0 Å². The number of aromatic nitrogens is 1. The van der Waals surface area contributed by atoms with Gasteiger partial charge in [0.15, 0.2) is 0 Å². The molecule has 2 nitrogen and oxygen atoms in total. The fourth-order valence-electron chi connectivity index (χ4n) is 3.68. The maximum atomic E-state index is 13.0. The van der Waals surface area contributed by atoms with E-state index >= 15 is 0 Å². The summed E-state index contributed by atoms with van der Waals surface area (Å²) in [5, 5.41) is 0. The van der Waals surface area contributed by atoms with Gasteiger partial charge in [-0.25, -0.2) is 0 Å². The van der Waals surface area contributed by atoms with Gasteiger partial charge in [-0.1, -0.05) is 42.0 Å². The average molecular weight is 398 g/mol. The molecule has 0 radical (unpaired) electrons. The molecule has 0 saturated heterocycles. The van der Waals surface area contributed by atoms with Gasteiger partial charge in [0.25, 0.3) is 0 Å². The van der Waals surface area contributed by atoms with E-state index in [4.69, 9.17) is 0 Å². The second-order valence-corrected chi connectivity index (χ2v) is 7.95. The van der Waals surface area contributed by atoms with Crippen molar-refractivity contribution in [2.75, 3.05) is 0 Å². The minimum atomic E-state index is -4.31. The van der Waals surface area contributed by atoms with Crippen LogP contribution in [0.5, 0.6) is 0 Å². The second-order valence-electron chi connectivity index (χ2n) is 7.95. The summed E-state index contributed by atoms with van der Waals surface area (Å²) in [7, 11) is 0. The monoisotopic (exact) mass is 398 g/mol. The van der Waals surface area contributed by atoms with Crippen LogP contribution in [0.15, 0.2) is 66.9 Å². The van der Waals surface area contributed by atoms with Crippen LogP contribution in [0.3, 0.4) is 0 Å². The topological polar surface area (TPSA) is 8.17 Å². The third kappa shape index (κ3) is 5.10. The van der Waals surface area contributed by atoms with Gasteiger partial charge in [-0.15, -0.1) is 0 Å². The van der Waals surface area contributed by atoms with Crippen LogP contribution >= 0.6 is 0 Å². The third-order valence-electron chi connectivity index (χ3n) is 5.47. The van der Waals surface area contributed by atoms with Gasteiger partial charge in [-0.2, -0.15) is 13.2 Å². The van der Waals surface area contributed by atoms with Gasteiger partial charge < -0.3 is 4.57 Å². The molecule has 0 unspecified atom stereocenters. The van der Waals surface area contributed by atoms with E-state index in [0.717, 1.165) is 24.8 Å². The minimum Gasteiger partial charge on any atom is -0.346 e. The average Bonchev–Trinajstić information content (AvgIpc) is 3.44. The Kier molecular flexibility index (Phi) is 5.50. The normalized spacial score (nSPS) is 14.5. The van der Waals surface area contributed by atoms with Crippen molar-refractivity contribution < 1.29 is 13.2 Å². The van der Waals surface area contributed by atoms with Gasteiger partial charge in [0.05, 0.1) is 5.56 Å².